The minimum absolute atomic E-state index is 0.334. The summed E-state index contributed by atoms with van der Waals surface area (Å²) >= 11 is 0. The topological polar surface area (TPSA) is 67.1 Å². The summed E-state index contributed by atoms with van der Waals surface area (Å²) in [6.07, 6.45) is 3.25. The smallest absolute Gasteiger partial charge is 0.140 e. The predicted octanol–water partition coefficient (Wildman–Crippen LogP) is 2.59. The number of hydrogen-bond donors (Lipinski definition) is 1. The molecular weight excluding hydrogens is 243 g/mol. The summed E-state index contributed by atoms with van der Waals surface area (Å²) in [6, 6.07) is 9.94. The number of nitrogen functional groups attached to an aromatic ring is 1. The predicted molar refractivity (Wildman–Crippen MR) is 69.7 cm³/mol. The lowest BCUT2D eigenvalue weighted by atomic mass is 10.1. The highest BCUT2D eigenvalue weighted by Gasteiger charge is 2.08. The Labute approximate surface area is 108 Å². The molecule has 0 saturated carbocycles. The van der Waals surface area contributed by atoms with E-state index >= 15 is 0 Å². The van der Waals surface area contributed by atoms with Gasteiger partial charge in [-0.2, -0.15) is 5.26 Å². The normalized spacial score (nSPS) is 10.5. The van der Waals surface area contributed by atoms with Gasteiger partial charge in [0.1, 0.15) is 17.5 Å². The molecule has 0 spiro atoms. The second-order valence-corrected chi connectivity index (χ2v) is 4.13. The maximum Gasteiger partial charge on any atom is 0.140 e. The summed E-state index contributed by atoms with van der Waals surface area (Å²) in [7, 11) is 0. The summed E-state index contributed by atoms with van der Waals surface area (Å²) < 4.78 is 14.9. The van der Waals surface area contributed by atoms with Crippen molar-refractivity contribution in [3.05, 3.63) is 54.1 Å². The van der Waals surface area contributed by atoms with Gasteiger partial charge in [0, 0.05) is 23.5 Å². The zero-order valence-electron chi connectivity index (χ0n) is 9.84. The van der Waals surface area contributed by atoms with Gasteiger partial charge in [-0.05, 0) is 18.2 Å². The van der Waals surface area contributed by atoms with E-state index in [1.54, 1.807) is 28.9 Å². The second-order valence-electron chi connectivity index (χ2n) is 4.13. The van der Waals surface area contributed by atoms with Gasteiger partial charge in [-0.1, -0.05) is 6.07 Å². The van der Waals surface area contributed by atoms with E-state index in [4.69, 9.17) is 11.0 Å². The van der Waals surface area contributed by atoms with Crippen LogP contribution in [0.5, 0.6) is 0 Å². The maximum atomic E-state index is 13.1. The fraction of sp³-hybridized carbons (Fsp3) is 0. The van der Waals surface area contributed by atoms with Crippen molar-refractivity contribution in [2.75, 3.05) is 5.73 Å². The third-order valence-electron chi connectivity index (χ3n) is 2.94. The van der Waals surface area contributed by atoms with Crippen LogP contribution in [0.3, 0.4) is 0 Å². The highest BCUT2D eigenvalue weighted by atomic mass is 19.1. The number of nitrogens with zero attached hydrogens (tertiary/aromatic N) is 3. The summed E-state index contributed by atoms with van der Waals surface area (Å²) in [5.74, 6) is -0.334. The van der Waals surface area contributed by atoms with Gasteiger partial charge in [0.2, 0.25) is 0 Å². The lowest BCUT2D eigenvalue weighted by molar-refractivity contribution is 0.626. The van der Waals surface area contributed by atoms with Crippen molar-refractivity contribution in [2.24, 2.45) is 0 Å². The minimum atomic E-state index is -0.334. The van der Waals surface area contributed by atoms with Gasteiger partial charge in [0.25, 0.3) is 0 Å². The number of aromatic nitrogens is 2. The fourth-order valence-corrected chi connectivity index (χ4v) is 1.98. The quantitative estimate of drug-likeness (QED) is 0.677. The number of hydrogen-bond acceptors (Lipinski definition) is 3. The van der Waals surface area contributed by atoms with E-state index in [-0.39, 0.29) is 5.82 Å². The first-order valence-electron chi connectivity index (χ1n) is 5.61. The zero-order valence-corrected chi connectivity index (χ0v) is 9.84. The van der Waals surface area contributed by atoms with Crippen LogP contribution in [0, 0.1) is 17.1 Å². The lowest BCUT2D eigenvalue weighted by Gasteiger charge is -2.04. The molecule has 2 N–H and O–H groups in total. The van der Waals surface area contributed by atoms with Crippen LogP contribution in [-0.4, -0.2) is 9.38 Å². The molecule has 0 radical (unpaired) electrons. The van der Waals surface area contributed by atoms with Crippen molar-refractivity contribution in [3.63, 3.8) is 0 Å². The molecule has 0 saturated heterocycles. The van der Waals surface area contributed by atoms with E-state index in [1.165, 1.54) is 12.1 Å². The van der Waals surface area contributed by atoms with Crippen LogP contribution in [0.25, 0.3) is 16.9 Å². The van der Waals surface area contributed by atoms with E-state index < -0.39 is 0 Å². The second kappa shape index (κ2) is 4.10. The van der Waals surface area contributed by atoms with Crippen LogP contribution in [0.1, 0.15) is 5.56 Å². The van der Waals surface area contributed by atoms with Crippen LogP contribution in [-0.2, 0) is 0 Å². The Morgan fingerprint density at radius 3 is 2.89 bits per heavy atom. The van der Waals surface area contributed by atoms with E-state index in [0.29, 0.717) is 16.9 Å². The van der Waals surface area contributed by atoms with Crippen molar-refractivity contribution in [3.8, 4) is 17.3 Å². The van der Waals surface area contributed by atoms with Gasteiger partial charge in [0.05, 0.1) is 17.5 Å². The van der Waals surface area contributed by atoms with Gasteiger partial charge in [-0.3, -0.25) is 4.40 Å². The maximum absolute atomic E-state index is 13.1. The first-order valence-corrected chi connectivity index (χ1v) is 5.61. The molecule has 0 aliphatic heterocycles. The monoisotopic (exact) mass is 252 g/mol. The molecule has 0 amide bonds. The molecule has 0 atom stereocenters. The van der Waals surface area contributed by atoms with Crippen molar-refractivity contribution >= 4 is 11.3 Å². The first kappa shape index (κ1) is 11.2. The molecule has 5 heteroatoms. The van der Waals surface area contributed by atoms with Crippen molar-refractivity contribution < 1.29 is 4.39 Å². The molecule has 19 heavy (non-hydrogen) atoms. The number of benzene rings is 1. The van der Waals surface area contributed by atoms with Gasteiger partial charge in [-0.15, -0.1) is 0 Å². The summed E-state index contributed by atoms with van der Waals surface area (Å²) in [5.41, 5.74) is 8.65. The molecule has 3 rings (SSSR count). The molecule has 4 nitrogen and oxygen atoms in total. The Morgan fingerprint density at radius 2 is 2.11 bits per heavy atom. The molecular formula is C14H9FN4. The van der Waals surface area contributed by atoms with Gasteiger partial charge in [0.15, 0.2) is 0 Å². The Hall–Kier alpha value is -2.87. The van der Waals surface area contributed by atoms with Crippen LogP contribution in [0.15, 0.2) is 42.7 Å². The Morgan fingerprint density at radius 1 is 1.26 bits per heavy atom. The molecule has 0 aliphatic carbocycles. The molecule has 1 aromatic carbocycles. The van der Waals surface area contributed by atoms with Gasteiger partial charge >= 0.3 is 0 Å². The fourth-order valence-electron chi connectivity index (χ4n) is 1.98. The first-order chi connectivity index (χ1) is 9.19. The number of rotatable bonds is 1. The van der Waals surface area contributed by atoms with Gasteiger partial charge in [-0.25, -0.2) is 9.37 Å². The average Bonchev–Trinajstić information content (AvgIpc) is 2.82. The molecule has 3 aromatic rings. The number of nitriles is 1. The van der Waals surface area contributed by atoms with Crippen LogP contribution in [0.2, 0.25) is 0 Å². The molecule has 92 valence electrons. The third-order valence-corrected chi connectivity index (χ3v) is 2.94. The van der Waals surface area contributed by atoms with Crippen LogP contribution < -0.4 is 5.73 Å². The Balaban J connectivity index is 2.22. The van der Waals surface area contributed by atoms with Crippen molar-refractivity contribution in [1.82, 2.24) is 9.38 Å². The highest BCUT2D eigenvalue weighted by molar-refractivity contribution is 5.69. The summed E-state index contributed by atoms with van der Waals surface area (Å²) in [4.78, 5) is 4.14. The number of halogens is 1. The van der Waals surface area contributed by atoms with E-state index in [0.717, 1.165) is 11.3 Å². The minimum Gasteiger partial charge on any atom is -0.398 e. The number of pyridine rings is 1. The van der Waals surface area contributed by atoms with E-state index in [9.17, 15) is 4.39 Å². The number of imidazole rings is 1. The molecule has 0 aliphatic rings. The van der Waals surface area contributed by atoms with E-state index in [2.05, 4.69) is 4.98 Å². The molecule has 0 unspecified atom stereocenters. The zero-order chi connectivity index (χ0) is 13.4. The average molecular weight is 252 g/mol. The summed E-state index contributed by atoms with van der Waals surface area (Å²) in [5, 5.41) is 8.99. The highest BCUT2D eigenvalue weighted by Crippen LogP contribution is 2.24. The number of anilines is 1. The third kappa shape index (κ3) is 1.79. The van der Waals surface area contributed by atoms with Crippen molar-refractivity contribution in [1.29, 1.82) is 5.26 Å². The number of fused-ring (bicyclic) bond motifs is 1. The molecule has 2 heterocycles. The number of nitrogens with two attached hydrogens (primary N) is 1. The SMILES string of the molecule is N#Cc1cc(-c2cnc3cc(F)ccn23)ccc1N. The van der Waals surface area contributed by atoms with Crippen LogP contribution in [0.4, 0.5) is 10.1 Å². The Kier molecular flexibility index (Phi) is 2.43. The molecule has 2 aromatic heterocycles. The molecule has 0 fully saturated rings. The van der Waals surface area contributed by atoms with E-state index in [1.807, 2.05) is 12.1 Å². The van der Waals surface area contributed by atoms with Crippen molar-refractivity contribution in [2.45, 2.75) is 0 Å². The lowest BCUT2D eigenvalue weighted by Crippen LogP contribution is -1.93. The standard InChI is InChI=1S/C14H9FN4/c15-11-3-4-19-13(8-18-14(19)6-11)9-1-2-12(17)10(5-9)7-16/h1-6,8H,17H2. The summed E-state index contributed by atoms with van der Waals surface area (Å²) in [6.45, 7) is 0. The van der Waals surface area contributed by atoms with Crippen LogP contribution >= 0.6 is 0 Å². The Bertz CT molecular complexity index is 814. The van der Waals surface area contributed by atoms with Gasteiger partial charge < -0.3 is 5.73 Å². The largest absolute Gasteiger partial charge is 0.398 e. The molecule has 0 bridgehead atoms.